The molecule has 1 saturated heterocycles. The van der Waals surface area contributed by atoms with Crippen LogP contribution in [0.1, 0.15) is 11.1 Å². The number of hydrogen-bond acceptors (Lipinski definition) is 6. The fourth-order valence-corrected chi connectivity index (χ4v) is 3.92. The largest absolute Gasteiger partial charge is 0.416 e. The predicted molar refractivity (Wildman–Crippen MR) is 117 cm³/mol. The van der Waals surface area contributed by atoms with Crippen LogP contribution in [0.3, 0.4) is 0 Å². The highest BCUT2D eigenvalue weighted by Gasteiger charge is 2.33. The van der Waals surface area contributed by atoms with Crippen LogP contribution >= 0.6 is 0 Å². The van der Waals surface area contributed by atoms with E-state index in [1.165, 1.54) is 6.07 Å². The Hall–Kier alpha value is -3.50. The summed E-state index contributed by atoms with van der Waals surface area (Å²) in [7, 11) is 0. The van der Waals surface area contributed by atoms with Gasteiger partial charge in [0.25, 0.3) is 0 Å². The maximum atomic E-state index is 13.4. The number of hydrogen-bond donors (Lipinski definition) is 2. The van der Waals surface area contributed by atoms with E-state index in [0.29, 0.717) is 48.9 Å². The lowest BCUT2D eigenvalue weighted by Crippen LogP contribution is -2.37. The van der Waals surface area contributed by atoms with Crippen molar-refractivity contribution in [3.8, 4) is 22.5 Å². The number of aliphatic hydroxyl groups excluding tert-OH is 1. The maximum Gasteiger partial charge on any atom is 0.416 e. The van der Waals surface area contributed by atoms with Gasteiger partial charge in [-0.2, -0.15) is 13.2 Å². The van der Waals surface area contributed by atoms with Gasteiger partial charge in [-0.15, -0.1) is 0 Å². The van der Waals surface area contributed by atoms with Crippen molar-refractivity contribution in [1.82, 2.24) is 19.9 Å². The van der Waals surface area contributed by atoms with Gasteiger partial charge in [0.15, 0.2) is 17.3 Å². The van der Waals surface area contributed by atoms with E-state index in [1.54, 1.807) is 36.7 Å². The molecule has 4 aromatic rings. The SMILES string of the molecule is OCc1ccc(-c2ccc(-c3nc(N4CCOCC4)c4[nH]cnc4n3)cc2)cc1C(F)(F)F. The molecule has 0 unspecified atom stereocenters. The summed E-state index contributed by atoms with van der Waals surface area (Å²) in [6, 6.07) is 10.9. The first-order valence-electron chi connectivity index (χ1n) is 10.4. The summed E-state index contributed by atoms with van der Waals surface area (Å²) in [5.41, 5.74) is 2.04. The first kappa shape index (κ1) is 21.4. The van der Waals surface area contributed by atoms with Gasteiger partial charge >= 0.3 is 6.18 Å². The maximum absolute atomic E-state index is 13.4. The summed E-state index contributed by atoms with van der Waals surface area (Å²) < 4.78 is 45.5. The number of benzene rings is 2. The number of alkyl halides is 3. The molecule has 3 heterocycles. The van der Waals surface area contributed by atoms with E-state index in [4.69, 9.17) is 9.72 Å². The molecule has 1 aliphatic heterocycles. The molecule has 7 nitrogen and oxygen atoms in total. The number of ether oxygens (including phenoxy) is 1. The minimum Gasteiger partial charge on any atom is -0.392 e. The summed E-state index contributed by atoms with van der Waals surface area (Å²) in [6.07, 6.45) is -2.97. The number of aromatic amines is 1. The first-order valence-corrected chi connectivity index (χ1v) is 10.4. The van der Waals surface area contributed by atoms with Crippen molar-refractivity contribution in [3.63, 3.8) is 0 Å². The Morgan fingerprint density at radius 3 is 2.36 bits per heavy atom. The van der Waals surface area contributed by atoms with Crippen molar-refractivity contribution in [2.45, 2.75) is 12.8 Å². The number of aromatic nitrogens is 4. The molecule has 5 rings (SSSR count). The molecule has 2 N–H and O–H groups in total. The number of anilines is 1. The van der Waals surface area contributed by atoms with Crippen LogP contribution in [0, 0.1) is 0 Å². The Morgan fingerprint density at radius 1 is 0.970 bits per heavy atom. The molecule has 10 heteroatoms. The monoisotopic (exact) mass is 455 g/mol. The normalized spacial score (nSPS) is 14.7. The van der Waals surface area contributed by atoms with Gasteiger partial charge in [-0.3, -0.25) is 0 Å². The third-order valence-corrected chi connectivity index (χ3v) is 5.64. The van der Waals surface area contributed by atoms with Crippen LogP contribution in [0.5, 0.6) is 0 Å². The van der Waals surface area contributed by atoms with Crippen LogP contribution in [-0.4, -0.2) is 51.3 Å². The molecule has 0 spiro atoms. The van der Waals surface area contributed by atoms with Gasteiger partial charge in [0.2, 0.25) is 0 Å². The summed E-state index contributed by atoms with van der Waals surface area (Å²) in [6.45, 7) is 1.95. The number of H-pyrrole nitrogens is 1. The predicted octanol–water partition coefficient (Wildman–Crippen LogP) is 4.03. The second-order valence-electron chi connectivity index (χ2n) is 7.68. The van der Waals surface area contributed by atoms with Crippen LogP contribution in [-0.2, 0) is 17.5 Å². The molecule has 1 fully saturated rings. The van der Waals surface area contributed by atoms with E-state index in [1.807, 2.05) is 0 Å². The quantitative estimate of drug-likeness (QED) is 0.483. The van der Waals surface area contributed by atoms with Crippen molar-refractivity contribution in [1.29, 1.82) is 0 Å². The van der Waals surface area contributed by atoms with Gasteiger partial charge in [-0.1, -0.05) is 36.4 Å². The molecule has 0 bridgehead atoms. The van der Waals surface area contributed by atoms with Gasteiger partial charge in [0, 0.05) is 18.7 Å². The average Bonchev–Trinajstić information content (AvgIpc) is 3.32. The van der Waals surface area contributed by atoms with Gasteiger partial charge in [0.05, 0.1) is 31.7 Å². The molecule has 0 radical (unpaired) electrons. The van der Waals surface area contributed by atoms with Crippen LogP contribution in [0.2, 0.25) is 0 Å². The number of rotatable bonds is 4. The number of nitrogens with zero attached hydrogens (tertiary/aromatic N) is 4. The lowest BCUT2D eigenvalue weighted by atomic mass is 9.98. The number of imidazole rings is 1. The third kappa shape index (κ3) is 4.14. The summed E-state index contributed by atoms with van der Waals surface area (Å²) in [5, 5.41) is 9.25. The number of morpholine rings is 1. The molecule has 33 heavy (non-hydrogen) atoms. The molecule has 2 aromatic carbocycles. The molecule has 1 aliphatic rings. The lowest BCUT2D eigenvalue weighted by Gasteiger charge is -2.28. The molecule has 0 amide bonds. The molecule has 0 saturated carbocycles. The van der Waals surface area contributed by atoms with Gasteiger partial charge in [-0.05, 0) is 22.8 Å². The molecule has 170 valence electrons. The highest BCUT2D eigenvalue weighted by atomic mass is 19.4. The fourth-order valence-electron chi connectivity index (χ4n) is 3.92. The summed E-state index contributed by atoms with van der Waals surface area (Å²) in [5.74, 6) is 1.23. The standard InChI is InChI=1S/C23H20F3N5O2/c24-23(25,26)18-11-16(5-6-17(18)12-32)14-1-3-15(4-2-14)20-29-21-19(27-13-28-21)22(30-20)31-7-9-33-10-8-31/h1-6,11,13,32H,7-10,12H2,(H,27,28,29,30). The Bertz CT molecular complexity index is 1280. The van der Waals surface area contributed by atoms with E-state index in [2.05, 4.69) is 19.9 Å². The van der Waals surface area contributed by atoms with Crippen molar-refractivity contribution in [2.75, 3.05) is 31.2 Å². The van der Waals surface area contributed by atoms with Crippen LogP contribution < -0.4 is 4.90 Å². The Morgan fingerprint density at radius 2 is 1.67 bits per heavy atom. The Kier molecular flexibility index (Phi) is 5.47. The van der Waals surface area contributed by atoms with Gasteiger partial charge in [-0.25, -0.2) is 15.0 Å². The molecular weight excluding hydrogens is 435 g/mol. The lowest BCUT2D eigenvalue weighted by molar-refractivity contribution is -0.138. The van der Waals surface area contributed by atoms with Crippen molar-refractivity contribution in [3.05, 3.63) is 59.9 Å². The fraction of sp³-hybridized carbons (Fsp3) is 0.261. The first-order chi connectivity index (χ1) is 15.9. The Labute approximate surface area is 186 Å². The summed E-state index contributed by atoms with van der Waals surface area (Å²) >= 11 is 0. The summed E-state index contributed by atoms with van der Waals surface area (Å²) in [4.78, 5) is 18.8. The third-order valence-electron chi connectivity index (χ3n) is 5.64. The zero-order valence-corrected chi connectivity index (χ0v) is 17.4. The van der Waals surface area contributed by atoms with Crippen LogP contribution in [0.15, 0.2) is 48.8 Å². The highest BCUT2D eigenvalue weighted by molar-refractivity contribution is 5.85. The molecule has 2 aromatic heterocycles. The van der Waals surface area contributed by atoms with E-state index in [-0.39, 0.29) is 5.56 Å². The minimum atomic E-state index is -4.54. The second kappa shape index (κ2) is 8.45. The van der Waals surface area contributed by atoms with Crippen molar-refractivity contribution < 1.29 is 23.0 Å². The van der Waals surface area contributed by atoms with E-state index in [9.17, 15) is 18.3 Å². The number of halogens is 3. The average molecular weight is 455 g/mol. The van der Waals surface area contributed by atoms with Crippen molar-refractivity contribution >= 4 is 17.0 Å². The molecule has 0 atom stereocenters. The molecule has 0 aliphatic carbocycles. The minimum absolute atomic E-state index is 0.154. The second-order valence-corrected chi connectivity index (χ2v) is 7.68. The van der Waals surface area contributed by atoms with E-state index >= 15 is 0 Å². The van der Waals surface area contributed by atoms with Gasteiger partial charge in [0.1, 0.15) is 5.52 Å². The Balaban J connectivity index is 1.50. The van der Waals surface area contributed by atoms with Crippen molar-refractivity contribution in [2.24, 2.45) is 0 Å². The number of fused-ring (bicyclic) bond motifs is 1. The van der Waals surface area contributed by atoms with E-state index < -0.39 is 18.3 Å². The zero-order valence-electron chi connectivity index (χ0n) is 17.4. The van der Waals surface area contributed by atoms with Crippen LogP contribution in [0.25, 0.3) is 33.7 Å². The van der Waals surface area contributed by atoms with E-state index in [0.717, 1.165) is 23.0 Å². The molecular formula is C23H20F3N5O2. The topological polar surface area (TPSA) is 87.2 Å². The smallest absolute Gasteiger partial charge is 0.392 e. The van der Waals surface area contributed by atoms with Gasteiger partial charge < -0.3 is 19.7 Å². The zero-order chi connectivity index (χ0) is 23.0. The highest BCUT2D eigenvalue weighted by Crippen LogP contribution is 2.35. The number of nitrogens with one attached hydrogen (secondary N) is 1. The number of aliphatic hydroxyl groups is 1. The van der Waals surface area contributed by atoms with Crippen LogP contribution in [0.4, 0.5) is 19.0 Å².